The molecule has 0 aliphatic heterocycles. The monoisotopic (exact) mass is 390 g/mol. The van der Waals surface area contributed by atoms with Gasteiger partial charge in [-0.2, -0.15) is 13.2 Å². The van der Waals surface area contributed by atoms with Gasteiger partial charge in [-0.25, -0.2) is 0 Å². The highest BCUT2D eigenvalue weighted by molar-refractivity contribution is 6.31. The number of hydrogen-bond acceptors (Lipinski definition) is 2. The molecule has 2 aromatic carbocycles. The fourth-order valence-corrected chi connectivity index (χ4v) is 2.41. The Bertz CT molecular complexity index is 734. The number of carbonyl (C=O) groups excluding carboxylic acids is 1. The van der Waals surface area contributed by atoms with Crippen LogP contribution in [0, 0.1) is 0 Å². The van der Waals surface area contributed by atoms with Crippen LogP contribution in [-0.4, -0.2) is 12.5 Å². The molecule has 2 N–H and O–H groups in total. The first-order valence-electron chi connectivity index (χ1n) is 7.37. The minimum atomic E-state index is -4.52. The Morgan fingerprint density at radius 3 is 2.28 bits per heavy atom. The molecule has 2 rings (SSSR count). The van der Waals surface area contributed by atoms with Crippen LogP contribution in [0.5, 0.6) is 0 Å². The van der Waals surface area contributed by atoms with E-state index in [1.54, 1.807) is 24.3 Å². The first-order valence-corrected chi connectivity index (χ1v) is 8.13. The maximum Gasteiger partial charge on any atom is 0.418 e. The molecule has 3 nitrogen and oxygen atoms in total. The van der Waals surface area contributed by atoms with E-state index in [-0.39, 0.29) is 29.6 Å². The Kier molecular flexibility index (Phi) is 6.56. The van der Waals surface area contributed by atoms with E-state index in [0.717, 1.165) is 11.6 Å². The predicted molar refractivity (Wildman–Crippen MR) is 92.9 cm³/mol. The van der Waals surface area contributed by atoms with Crippen molar-refractivity contribution >= 4 is 34.8 Å². The van der Waals surface area contributed by atoms with Crippen LogP contribution in [-0.2, 0) is 17.5 Å². The first-order chi connectivity index (χ1) is 11.8. The van der Waals surface area contributed by atoms with E-state index >= 15 is 0 Å². The summed E-state index contributed by atoms with van der Waals surface area (Å²) in [5.74, 6) is -0.273. The van der Waals surface area contributed by atoms with Gasteiger partial charge in [0.25, 0.3) is 0 Å². The molecule has 0 bridgehead atoms. The molecule has 134 valence electrons. The van der Waals surface area contributed by atoms with E-state index in [2.05, 4.69) is 10.6 Å². The van der Waals surface area contributed by atoms with Crippen molar-refractivity contribution in [2.24, 2.45) is 0 Å². The second-order valence-corrected chi connectivity index (χ2v) is 6.14. The Labute approximate surface area is 153 Å². The van der Waals surface area contributed by atoms with Crippen molar-refractivity contribution < 1.29 is 18.0 Å². The molecule has 0 aromatic heterocycles. The smallest absolute Gasteiger partial charge is 0.384 e. The topological polar surface area (TPSA) is 41.1 Å². The van der Waals surface area contributed by atoms with E-state index in [1.165, 1.54) is 12.1 Å². The second kappa shape index (κ2) is 8.45. The lowest BCUT2D eigenvalue weighted by Gasteiger charge is -2.15. The average Bonchev–Trinajstić information content (AvgIpc) is 2.55. The van der Waals surface area contributed by atoms with Crippen LogP contribution in [0.15, 0.2) is 42.5 Å². The number of hydrogen-bond donors (Lipinski definition) is 2. The highest BCUT2D eigenvalue weighted by Crippen LogP contribution is 2.36. The van der Waals surface area contributed by atoms with Crippen molar-refractivity contribution in [3.05, 3.63) is 63.6 Å². The van der Waals surface area contributed by atoms with Gasteiger partial charge in [0.1, 0.15) is 0 Å². The molecule has 1 amide bonds. The van der Waals surface area contributed by atoms with Crippen LogP contribution < -0.4 is 10.6 Å². The van der Waals surface area contributed by atoms with Crippen LogP contribution in [0.25, 0.3) is 0 Å². The molecule has 2 aromatic rings. The zero-order valence-corrected chi connectivity index (χ0v) is 14.5. The molecule has 0 heterocycles. The lowest BCUT2D eigenvalue weighted by molar-refractivity contribution is -0.137. The maximum atomic E-state index is 13.0. The summed E-state index contributed by atoms with van der Waals surface area (Å²) in [6.07, 6.45) is -4.49. The standard InChI is InChI=1S/C17H15Cl2F3N2O/c18-12-3-1-11(2-4-12)10-24-16(25)7-8-23-15-6-5-13(19)9-14(15)17(20,21)22/h1-6,9,23H,7-8,10H2,(H,24,25). The average molecular weight is 391 g/mol. The van der Waals surface area contributed by atoms with Gasteiger partial charge in [-0.1, -0.05) is 35.3 Å². The van der Waals surface area contributed by atoms with Gasteiger partial charge in [-0.15, -0.1) is 0 Å². The number of anilines is 1. The number of carbonyl (C=O) groups is 1. The number of benzene rings is 2. The third-order valence-corrected chi connectivity index (χ3v) is 3.84. The third-order valence-electron chi connectivity index (χ3n) is 3.36. The molecule has 25 heavy (non-hydrogen) atoms. The largest absolute Gasteiger partial charge is 0.418 e. The normalized spacial score (nSPS) is 11.2. The van der Waals surface area contributed by atoms with Gasteiger partial charge in [-0.3, -0.25) is 4.79 Å². The van der Waals surface area contributed by atoms with Crippen LogP contribution >= 0.6 is 23.2 Å². The van der Waals surface area contributed by atoms with E-state index in [4.69, 9.17) is 23.2 Å². The molecule has 0 aliphatic rings. The molecule has 0 radical (unpaired) electrons. The van der Waals surface area contributed by atoms with E-state index in [1.807, 2.05) is 0 Å². The van der Waals surface area contributed by atoms with Crippen LogP contribution in [0.3, 0.4) is 0 Å². The maximum absolute atomic E-state index is 13.0. The lowest BCUT2D eigenvalue weighted by atomic mass is 10.1. The van der Waals surface area contributed by atoms with Gasteiger partial charge in [0.15, 0.2) is 0 Å². The number of rotatable bonds is 6. The summed E-state index contributed by atoms with van der Waals surface area (Å²) in [5, 5.41) is 5.92. The van der Waals surface area contributed by atoms with Gasteiger partial charge >= 0.3 is 6.18 Å². The van der Waals surface area contributed by atoms with Gasteiger partial charge in [0.2, 0.25) is 5.91 Å². The van der Waals surface area contributed by atoms with Gasteiger partial charge in [-0.05, 0) is 35.9 Å². The molecule has 8 heteroatoms. The Hall–Kier alpha value is -1.92. The molecule has 0 unspecified atom stereocenters. The third kappa shape index (κ3) is 6.14. The van der Waals surface area contributed by atoms with Crippen molar-refractivity contribution in [2.45, 2.75) is 19.1 Å². The van der Waals surface area contributed by atoms with E-state index in [0.29, 0.717) is 11.6 Å². The van der Waals surface area contributed by atoms with Crippen LogP contribution in [0.4, 0.5) is 18.9 Å². The first kappa shape index (κ1) is 19.4. The summed E-state index contributed by atoms with van der Waals surface area (Å²) < 4.78 is 38.9. The minimum Gasteiger partial charge on any atom is -0.384 e. The fraction of sp³-hybridized carbons (Fsp3) is 0.235. The summed E-state index contributed by atoms with van der Waals surface area (Å²) in [4.78, 5) is 11.8. The van der Waals surface area contributed by atoms with E-state index < -0.39 is 11.7 Å². The second-order valence-electron chi connectivity index (χ2n) is 5.27. The van der Waals surface area contributed by atoms with Crippen molar-refractivity contribution in [1.82, 2.24) is 5.32 Å². The fourth-order valence-electron chi connectivity index (χ4n) is 2.11. The highest BCUT2D eigenvalue weighted by Gasteiger charge is 2.33. The van der Waals surface area contributed by atoms with Crippen LogP contribution in [0.2, 0.25) is 10.0 Å². The minimum absolute atomic E-state index is 0.00131. The van der Waals surface area contributed by atoms with Crippen molar-refractivity contribution in [3.8, 4) is 0 Å². The SMILES string of the molecule is O=C(CCNc1ccc(Cl)cc1C(F)(F)F)NCc1ccc(Cl)cc1. The summed E-state index contributed by atoms with van der Waals surface area (Å²) in [6, 6.07) is 10.4. The Morgan fingerprint density at radius 2 is 1.64 bits per heavy atom. The highest BCUT2D eigenvalue weighted by atomic mass is 35.5. The van der Waals surface area contributed by atoms with Crippen LogP contribution in [0.1, 0.15) is 17.5 Å². The molecule has 0 saturated carbocycles. The quantitative estimate of drug-likeness (QED) is 0.717. The molecule has 0 fully saturated rings. The molecule has 0 aliphatic carbocycles. The van der Waals surface area contributed by atoms with Crippen molar-refractivity contribution in [1.29, 1.82) is 0 Å². The zero-order valence-electron chi connectivity index (χ0n) is 13.0. The number of nitrogens with one attached hydrogen (secondary N) is 2. The molecule has 0 spiro atoms. The van der Waals surface area contributed by atoms with Gasteiger partial charge in [0.05, 0.1) is 5.56 Å². The summed E-state index contributed by atoms with van der Waals surface area (Å²) in [6.45, 7) is 0.391. The van der Waals surface area contributed by atoms with Gasteiger partial charge in [0, 0.05) is 35.2 Å². The summed E-state index contributed by atoms with van der Waals surface area (Å²) >= 11 is 11.4. The Morgan fingerprint density at radius 1 is 1.00 bits per heavy atom. The summed E-state index contributed by atoms with van der Waals surface area (Å²) in [5.41, 5.74) is -0.0910. The Balaban J connectivity index is 1.84. The number of amides is 1. The summed E-state index contributed by atoms with van der Waals surface area (Å²) in [7, 11) is 0. The van der Waals surface area contributed by atoms with E-state index in [9.17, 15) is 18.0 Å². The lowest BCUT2D eigenvalue weighted by Crippen LogP contribution is -2.25. The molecule has 0 atom stereocenters. The van der Waals surface area contributed by atoms with Crippen molar-refractivity contribution in [3.63, 3.8) is 0 Å². The van der Waals surface area contributed by atoms with Gasteiger partial charge < -0.3 is 10.6 Å². The number of halogens is 5. The molecular weight excluding hydrogens is 376 g/mol. The zero-order chi connectivity index (χ0) is 18.4. The molecular formula is C17H15Cl2F3N2O. The molecule has 0 saturated heterocycles. The van der Waals surface area contributed by atoms with Crippen molar-refractivity contribution in [2.75, 3.05) is 11.9 Å². The predicted octanol–water partition coefficient (Wildman–Crippen LogP) is 5.13. The number of alkyl halides is 3.